The van der Waals surface area contributed by atoms with E-state index in [4.69, 9.17) is 4.74 Å². The number of amides is 1. The molecule has 10 heteroatoms. The molecule has 0 saturated heterocycles. The zero-order valence-electron chi connectivity index (χ0n) is 24.8. The van der Waals surface area contributed by atoms with Crippen LogP contribution in [0.15, 0.2) is 53.4 Å². The summed E-state index contributed by atoms with van der Waals surface area (Å²) in [6.45, 7) is 10.4. The largest absolute Gasteiger partial charge is 0.475 e. The van der Waals surface area contributed by atoms with Crippen LogP contribution in [0, 0.1) is 19.3 Å². The van der Waals surface area contributed by atoms with Crippen LogP contribution < -0.4 is 9.46 Å². The van der Waals surface area contributed by atoms with Gasteiger partial charge in [0.1, 0.15) is 12.4 Å². The smallest absolute Gasteiger partial charge is 0.264 e. The van der Waals surface area contributed by atoms with Crippen LogP contribution in [0.4, 0.5) is 5.95 Å². The van der Waals surface area contributed by atoms with E-state index in [1.165, 1.54) is 12.1 Å². The van der Waals surface area contributed by atoms with E-state index < -0.39 is 10.0 Å². The maximum atomic E-state index is 14.2. The topological polar surface area (TPSA) is 119 Å². The van der Waals surface area contributed by atoms with Crippen LogP contribution in [0.2, 0.25) is 0 Å². The second-order valence-electron chi connectivity index (χ2n) is 12.5. The predicted octanol–water partition coefficient (Wildman–Crippen LogP) is 5.71. The lowest BCUT2D eigenvalue weighted by Gasteiger charge is -2.42. The highest BCUT2D eigenvalue weighted by Crippen LogP contribution is 2.33. The first-order valence-corrected chi connectivity index (χ1v) is 15.8. The number of fused-ring (bicyclic) bond motifs is 4. The van der Waals surface area contributed by atoms with Gasteiger partial charge < -0.3 is 9.64 Å². The molecule has 2 aromatic carbocycles. The zero-order valence-corrected chi connectivity index (χ0v) is 25.6. The number of hydrogen-bond donors (Lipinski definition) is 1. The molecule has 1 atom stereocenters. The molecule has 0 unspecified atom stereocenters. The van der Waals surface area contributed by atoms with Crippen molar-refractivity contribution < 1.29 is 22.7 Å². The van der Waals surface area contributed by atoms with E-state index in [0.717, 1.165) is 16.7 Å². The Kier molecular flexibility index (Phi) is 8.11. The van der Waals surface area contributed by atoms with E-state index in [2.05, 4.69) is 35.5 Å². The number of hydrogen-bond acceptors (Lipinski definition) is 7. The highest BCUT2D eigenvalue weighted by Gasteiger charge is 2.37. The van der Waals surface area contributed by atoms with Gasteiger partial charge in [0.15, 0.2) is 0 Å². The highest BCUT2D eigenvalue weighted by molar-refractivity contribution is 7.92. The summed E-state index contributed by atoms with van der Waals surface area (Å²) in [5.74, 6) is 0.00460. The van der Waals surface area contributed by atoms with Crippen LogP contribution in [0.3, 0.4) is 0 Å². The lowest BCUT2D eigenvalue weighted by molar-refractivity contribution is -0.121. The number of nitrogens with zero attached hydrogens (tertiary/aromatic N) is 3. The fourth-order valence-corrected chi connectivity index (χ4v) is 6.96. The van der Waals surface area contributed by atoms with Crippen LogP contribution in [-0.2, 0) is 14.8 Å². The fraction of sp³-hybridized carbons (Fsp3) is 0.438. The molecular weight excluding hydrogens is 552 g/mol. The number of carbonyl (C=O) groups excluding carboxylic acids is 2. The molecule has 1 aliphatic heterocycles. The molecule has 2 aliphatic rings. The molecule has 0 radical (unpaired) electrons. The Labute approximate surface area is 247 Å². The molecule has 1 N–H and O–H groups in total. The van der Waals surface area contributed by atoms with Gasteiger partial charge in [0, 0.05) is 36.1 Å². The van der Waals surface area contributed by atoms with Gasteiger partial charge in [-0.25, -0.2) is 18.1 Å². The van der Waals surface area contributed by atoms with Crippen LogP contribution in [0.5, 0.6) is 5.88 Å². The van der Waals surface area contributed by atoms with E-state index in [1.807, 2.05) is 36.9 Å². The summed E-state index contributed by atoms with van der Waals surface area (Å²) in [6.07, 6.45) is 2.55. The summed E-state index contributed by atoms with van der Waals surface area (Å²) in [6, 6.07) is 13.1. The minimum atomic E-state index is -4.14. The number of nitrogens with one attached hydrogen (secondary N) is 1. The lowest BCUT2D eigenvalue weighted by atomic mass is 9.85. The van der Waals surface area contributed by atoms with Crippen molar-refractivity contribution in [1.82, 2.24) is 14.9 Å². The first-order valence-electron chi connectivity index (χ1n) is 14.4. The van der Waals surface area contributed by atoms with Gasteiger partial charge >= 0.3 is 0 Å². The molecule has 4 bridgehead atoms. The molecule has 5 rings (SSSR count). The van der Waals surface area contributed by atoms with Gasteiger partial charge in [-0.3, -0.25) is 9.59 Å². The normalized spacial score (nSPS) is 19.6. The van der Waals surface area contributed by atoms with Crippen molar-refractivity contribution in [2.75, 3.05) is 11.3 Å². The number of rotatable bonds is 3. The molecular formula is C32H38N4O5S. The molecule has 3 aromatic rings. The number of aromatic nitrogens is 2. The fourth-order valence-electron chi connectivity index (χ4n) is 5.97. The van der Waals surface area contributed by atoms with Crippen molar-refractivity contribution in [3.63, 3.8) is 0 Å². The van der Waals surface area contributed by atoms with E-state index in [9.17, 15) is 18.0 Å². The summed E-state index contributed by atoms with van der Waals surface area (Å²) in [5.41, 5.74) is 3.46. The minimum absolute atomic E-state index is 0.0673. The molecule has 222 valence electrons. The summed E-state index contributed by atoms with van der Waals surface area (Å²) in [4.78, 5) is 37.2. The van der Waals surface area contributed by atoms with Crippen molar-refractivity contribution in [3.05, 3.63) is 65.2 Å². The minimum Gasteiger partial charge on any atom is -0.475 e. The van der Waals surface area contributed by atoms with Gasteiger partial charge in [0.2, 0.25) is 11.8 Å². The molecule has 9 nitrogen and oxygen atoms in total. The van der Waals surface area contributed by atoms with Gasteiger partial charge in [-0.15, -0.1) is 0 Å². The predicted molar refractivity (Wildman–Crippen MR) is 161 cm³/mol. The second kappa shape index (κ2) is 11.5. The van der Waals surface area contributed by atoms with E-state index in [-0.39, 0.29) is 58.1 Å². The Morgan fingerprint density at radius 3 is 2.31 bits per heavy atom. The van der Waals surface area contributed by atoms with Gasteiger partial charge in [-0.1, -0.05) is 45.0 Å². The second-order valence-corrected chi connectivity index (χ2v) is 14.2. The molecule has 1 aromatic heterocycles. The van der Waals surface area contributed by atoms with E-state index in [1.54, 1.807) is 18.2 Å². The van der Waals surface area contributed by atoms with Gasteiger partial charge in [0.25, 0.3) is 15.9 Å². The van der Waals surface area contributed by atoms with Crippen molar-refractivity contribution in [2.45, 2.75) is 83.7 Å². The lowest BCUT2D eigenvalue weighted by Crippen LogP contribution is -2.52. The molecule has 2 heterocycles. The SMILES string of the molecule is Cc1cccc(C)c1-c1cc2nc(n1)NS(=O)(=O)c1cccc(c1)C(=O)N(C1CCC(=O)CC1)[C@H](CC(C)(C)C)CO2. The number of anilines is 1. The zero-order chi connectivity index (χ0) is 30.2. The first kappa shape index (κ1) is 29.7. The average molecular weight is 591 g/mol. The maximum Gasteiger partial charge on any atom is 0.264 e. The monoisotopic (exact) mass is 590 g/mol. The number of Topliss-reactive ketones (excluding diaryl/α,β-unsaturated/α-hetero) is 1. The van der Waals surface area contributed by atoms with Crippen molar-refractivity contribution in [3.8, 4) is 17.1 Å². The highest BCUT2D eigenvalue weighted by atomic mass is 32.2. The van der Waals surface area contributed by atoms with Gasteiger partial charge in [0.05, 0.1) is 16.6 Å². The average Bonchev–Trinajstić information content (AvgIpc) is 2.91. The maximum absolute atomic E-state index is 14.2. The molecule has 1 fully saturated rings. The summed E-state index contributed by atoms with van der Waals surface area (Å²) in [7, 11) is -4.14. The van der Waals surface area contributed by atoms with Crippen molar-refractivity contribution in [1.29, 1.82) is 0 Å². The van der Waals surface area contributed by atoms with E-state index >= 15 is 0 Å². The Morgan fingerprint density at radius 2 is 1.64 bits per heavy atom. The van der Waals surface area contributed by atoms with Crippen molar-refractivity contribution in [2.24, 2.45) is 5.41 Å². The Hall–Kier alpha value is -3.79. The van der Waals surface area contributed by atoms with Gasteiger partial charge in [-0.05, 0) is 67.9 Å². The third kappa shape index (κ3) is 6.48. The molecule has 42 heavy (non-hydrogen) atoms. The van der Waals surface area contributed by atoms with Crippen molar-refractivity contribution >= 4 is 27.7 Å². The summed E-state index contributed by atoms with van der Waals surface area (Å²) >= 11 is 0. The number of benzene rings is 2. The summed E-state index contributed by atoms with van der Waals surface area (Å²) < 4.78 is 35.9. The third-order valence-electron chi connectivity index (χ3n) is 7.86. The number of sulfonamides is 1. The molecule has 1 amide bonds. The standard InChI is InChI=1S/C32H38N4O5S/c1-20-8-6-9-21(2)29(20)27-17-28-34-31(33-27)35-42(39,40)26-11-7-10-22(16-26)30(38)36(23-12-14-25(37)15-13-23)24(19-41-28)18-32(3,4)5/h6-11,16-17,23-24H,12-15,18-19H2,1-5H3,(H,33,34,35)/t24-/m1/s1. The number of ketones is 1. The van der Waals surface area contributed by atoms with Crippen LogP contribution in [0.25, 0.3) is 11.3 Å². The van der Waals surface area contributed by atoms with E-state index in [0.29, 0.717) is 37.8 Å². The van der Waals surface area contributed by atoms with Crippen LogP contribution in [-0.4, -0.2) is 53.7 Å². The summed E-state index contributed by atoms with van der Waals surface area (Å²) in [5, 5.41) is 0. The number of aryl methyl sites for hydroxylation is 2. The number of carbonyl (C=O) groups is 2. The van der Waals surface area contributed by atoms with Crippen LogP contribution in [0.1, 0.15) is 74.4 Å². The van der Waals surface area contributed by atoms with Gasteiger partial charge in [-0.2, -0.15) is 4.98 Å². The molecule has 1 saturated carbocycles. The Morgan fingerprint density at radius 1 is 0.976 bits per heavy atom. The Balaban J connectivity index is 1.68. The molecule has 1 aliphatic carbocycles. The number of ether oxygens (including phenoxy) is 1. The molecule has 0 spiro atoms. The van der Waals surface area contributed by atoms with Crippen LogP contribution >= 0.6 is 0 Å². The Bertz CT molecular complexity index is 1600. The quantitative estimate of drug-likeness (QED) is 0.415. The third-order valence-corrected chi connectivity index (χ3v) is 9.19. The first-order chi connectivity index (χ1) is 19.8.